The average molecular weight is 311 g/mol. The van der Waals surface area contributed by atoms with Crippen LogP contribution in [-0.2, 0) is 4.79 Å². The van der Waals surface area contributed by atoms with E-state index >= 15 is 0 Å². The largest absolute Gasteiger partial charge is 0.393 e. The number of carbonyl (C=O) groups is 1. The van der Waals surface area contributed by atoms with Gasteiger partial charge in [-0.2, -0.15) is 0 Å². The van der Waals surface area contributed by atoms with E-state index in [0.29, 0.717) is 23.9 Å². The molecule has 0 radical (unpaired) electrons. The summed E-state index contributed by atoms with van der Waals surface area (Å²) < 4.78 is 0. The van der Waals surface area contributed by atoms with Crippen molar-refractivity contribution < 1.29 is 9.90 Å². The highest BCUT2D eigenvalue weighted by molar-refractivity contribution is 6.30. The van der Waals surface area contributed by atoms with Gasteiger partial charge >= 0.3 is 0 Å². The summed E-state index contributed by atoms with van der Waals surface area (Å²) in [5.74, 6) is 0.335. The molecule has 0 saturated heterocycles. The number of halogens is 1. The van der Waals surface area contributed by atoms with Gasteiger partial charge in [0.1, 0.15) is 0 Å². The second-order valence-electron chi connectivity index (χ2n) is 5.83. The van der Waals surface area contributed by atoms with Crippen LogP contribution < -0.4 is 5.32 Å². The lowest BCUT2D eigenvalue weighted by Gasteiger charge is -2.22. The molecule has 4 nitrogen and oxygen atoms in total. The van der Waals surface area contributed by atoms with E-state index in [9.17, 15) is 9.90 Å². The smallest absolute Gasteiger partial charge is 0.225 e. The first-order valence-electron chi connectivity index (χ1n) is 7.46. The van der Waals surface area contributed by atoms with E-state index in [1.165, 1.54) is 0 Å². The molecule has 2 rings (SSSR count). The van der Waals surface area contributed by atoms with Crippen LogP contribution in [-0.4, -0.2) is 42.2 Å². The molecule has 5 heteroatoms. The summed E-state index contributed by atoms with van der Waals surface area (Å²) in [4.78, 5) is 14.0. The molecule has 2 N–H and O–H groups in total. The lowest BCUT2D eigenvalue weighted by atomic mass is 10.1. The zero-order valence-corrected chi connectivity index (χ0v) is 13.1. The van der Waals surface area contributed by atoms with Gasteiger partial charge in [0.2, 0.25) is 5.91 Å². The molecule has 0 spiro atoms. The lowest BCUT2D eigenvalue weighted by Crippen LogP contribution is -2.32. The Hall–Kier alpha value is -1.10. The van der Waals surface area contributed by atoms with Gasteiger partial charge in [-0.25, -0.2) is 0 Å². The van der Waals surface area contributed by atoms with Crippen LogP contribution in [0.1, 0.15) is 25.7 Å². The molecule has 1 saturated carbocycles. The summed E-state index contributed by atoms with van der Waals surface area (Å²) in [6, 6.07) is 7.14. The summed E-state index contributed by atoms with van der Waals surface area (Å²) in [5.41, 5.74) is 0.723. The van der Waals surface area contributed by atoms with E-state index in [-0.39, 0.29) is 12.0 Å². The van der Waals surface area contributed by atoms with Gasteiger partial charge in [0.05, 0.1) is 6.10 Å². The Balaban J connectivity index is 1.71. The highest BCUT2D eigenvalue weighted by atomic mass is 35.5. The normalized spacial score (nSPS) is 21.7. The predicted octanol–water partition coefficient (Wildman–Crippen LogP) is 2.76. The third kappa shape index (κ3) is 5.30. The molecule has 0 aromatic heterocycles. The Morgan fingerprint density at radius 1 is 1.48 bits per heavy atom. The Morgan fingerprint density at radius 2 is 2.29 bits per heavy atom. The van der Waals surface area contributed by atoms with Gasteiger partial charge in [0.15, 0.2) is 0 Å². The third-order valence-electron chi connectivity index (χ3n) is 3.99. The maximum absolute atomic E-state index is 11.9. The van der Waals surface area contributed by atoms with Crippen molar-refractivity contribution in [3.63, 3.8) is 0 Å². The van der Waals surface area contributed by atoms with Crippen LogP contribution in [0, 0.1) is 5.92 Å². The SMILES string of the molecule is CN(CCC(=O)Nc1cccc(Cl)c1)CC1CCCC1O. The molecule has 2 atom stereocenters. The standard InChI is InChI=1S/C16H23ClN2O2/c1-19(11-12-4-2-7-15(12)20)9-8-16(21)18-14-6-3-5-13(17)10-14/h3,5-6,10,12,15,20H,2,4,7-9,11H2,1H3,(H,18,21). The summed E-state index contributed by atoms with van der Waals surface area (Å²) in [6.45, 7) is 1.54. The zero-order chi connectivity index (χ0) is 15.2. The number of aliphatic hydroxyl groups is 1. The number of hydrogen-bond acceptors (Lipinski definition) is 3. The fourth-order valence-corrected chi connectivity index (χ4v) is 2.99. The first-order chi connectivity index (χ1) is 10.0. The number of hydrogen-bond donors (Lipinski definition) is 2. The fourth-order valence-electron chi connectivity index (χ4n) is 2.80. The van der Waals surface area contributed by atoms with Crippen molar-refractivity contribution in [2.75, 3.05) is 25.5 Å². The molecule has 0 bridgehead atoms. The summed E-state index contributed by atoms with van der Waals surface area (Å²) in [7, 11) is 2.00. The second kappa shape index (κ2) is 7.78. The van der Waals surface area contributed by atoms with Gasteiger partial charge < -0.3 is 15.3 Å². The second-order valence-corrected chi connectivity index (χ2v) is 6.27. The van der Waals surface area contributed by atoms with Gasteiger partial charge in [0.25, 0.3) is 0 Å². The first-order valence-corrected chi connectivity index (χ1v) is 7.84. The Morgan fingerprint density at radius 3 is 2.95 bits per heavy atom. The van der Waals surface area contributed by atoms with Crippen LogP contribution >= 0.6 is 11.6 Å². The molecule has 1 amide bonds. The van der Waals surface area contributed by atoms with Crippen molar-refractivity contribution in [2.24, 2.45) is 5.92 Å². The summed E-state index contributed by atoms with van der Waals surface area (Å²) in [6.07, 6.45) is 3.36. The molecule has 1 aliphatic rings. The molecule has 21 heavy (non-hydrogen) atoms. The molecule has 2 unspecified atom stereocenters. The number of nitrogens with zero attached hydrogens (tertiary/aromatic N) is 1. The number of amides is 1. The quantitative estimate of drug-likeness (QED) is 0.849. The summed E-state index contributed by atoms with van der Waals surface area (Å²) >= 11 is 5.88. The average Bonchev–Trinajstić information content (AvgIpc) is 2.82. The topological polar surface area (TPSA) is 52.6 Å². The van der Waals surface area contributed by atoms with Crippen molar-refractivity contribution in [1.29, 1.82) is 0 Å². The van der Waals surface area contributed by atoms with Crippen LogP contribution in [0.5, 0.6) is 0 Å². The van der Waals surface area contributed by atoms with Crippen LogP contribution in [0.3, 0.4) is 0 Å². The van der Waals surface area contributed by atoms with Crippen molar-refractivity contribution in [3.05, 3.63) is 29.3 Å². The van der Waals surface area contributed by atoms with Gasteiger partial charge in [-0.15, -0.1) is 0 Å². The van der Waals surface area contributed by atoms with E-state index in [0.717, 1.165) is 31.5 Å². The van der Waals surface area contributed by atoms with Crippen LogP contribution in [0.4, 0.5) is 5.69 Å². The lowest BCUT2D eigenvalue weighted by molar-refractivity contribution is -0.116. The van der Waals surface area contributed by atoms with E-state index in [1.807, 2.05) is 19.2 Å². The molecule has 1 aromatic rings. The Labute approximate surface area is 131 Å². The predicted molar refractivity (Wildman–Crippen MR) is 85.5 cm³/mol. The molecule has 0 heterocycles. The van der Waals surface area contributed by atoms with E-state index < -0.39 is 0 Å². The van der Waals surface area contributed by atoms with Crippen LogP contribution in [0.25, 0.3) is 0 Å². The maximum Gasteiger partial charge on any atom is 0.225 e. The van der Waals surface area contributed by atoms with Crippen molar-refractivity contribution in [1.82, 2.24) is 4.90 Å². The van der Waals surface area contributed by atoms with E-state index in [4.69, 9.17) is 11.6 Å². The monoisotopic (exact) mass is 310 g/mol. The van der Waals surface area contributed by atoms with Crippen LogP contribution in [0.2, 0.25) is 5.02 Å². The van der Waals surface area contributed by atoms with Gasteiger partial charge in [-0.3, -0.25) is 4.79 Å². The minimum atomic E-state index is -0.173. The number of carbonyl (C=O) groups excluding carboxylic acids is 1. The minimum Gasteiger partial charge on any atom is -0.393 e. The van der Waals surface area contributed by atoms with E-state index in [1.54, 1.807) is 12.1 Å². The molecular formula is C16H23ClN2O2. The highest BCUT2D eigenvalue weighted by Gasteiger charge is 2.26. The molecular weight excluding hydrogens is 288 g/mol. The number of nitrogens with one attached hydrogen (secondary N) is 1. The van der Waals surface area contributed by atoms with Crippen molar-refractivity contribution >= 4 is 23.2 Å². The first kappa shape index (κ1) is 16.3. The number of benzene rings is 1. The van der Waals surface area contributed by atoms with Crippen LogP contribution in [0.15, 0.2) is 24.3 Å². The molecule has 1 fully saturated rings. The van der Waals surface area contributed by atoms with Crippen molar-refractivity contribution in [3.8, 4) is 0 Å². The number of aliphatic hydroxyl groups excluding tert-OH is 1. The third-order valence-corrected chi connectivity index (χ3v) is 4.23. The number of anilines is 1. The maximum atomic E-state index is 11.9. The van der Waals surface area contributed by atoms with Gasteiger partial charge in [0, 0.05) is 30.2 Å². The molecule has 1 aromatic carbocycles. The zero-order valence-electron chi connectivity index (χ0n) is 12.4. The molecule has 116 valence electrons. The molecule has 0 aliphatic heterocycles. The minimum absolute atomic E-state index is 0.0175. The molecule has 1 aliphatic carbocycles. The fraction of sp³-hybridized carbons (Fsp3) is 0.562. The summed E-state index contributed by atoms with van der Waals surface area (Å²) in [5, 5.41) is 13.3. The van der Waals surface area contributed by atoms with Gasteiger partial charge in [-0.05, 0) is 44.0 Å². The van der Waals surface area contributed by atoms with Crippen molar-refractivity contribution in [2.45, 2.75) is 31.8 Å². The number of rotatable bonds is 6. The Bertz CT molecular complexity index is 481. The van der Waals surface area contributed by atoms with E-state index in [2.05, 4.69) is 10.2 Å². The highest BCUT2D eigenvalue weighted by Crippen LogP contribution is 2.26. The Kier molecular flexibility index (Phi) is 6.03. The van der Waals surface area contributed by atoms with Gasteiger partial charge in [-0.1, -0.05) is 24.1 Å².